The molecule has 0 saturated carbocycles. The monoisotopic (exact) mass is 291 g/mol. The van der Waals surface area contributed by atoms with Crippen molar-refractivity contribution in [1.29, 1.82) is 0 Å². The van der Waals surface area contributed by atoms with Crippen LogP contribution in [0, 0.1) is 0 Å². The van der Waals surface area contributed by atoms with Gasteiger partial charge >= 0.3 is 0 Å². The Morgan fingerprint density at radius 1 is 0.818 bits per heavy atom. The second-order valence-corrected chi connectivity index (χ2v) is 5.68. The topological polar surface area (TPSA) is 20.3 Å². The third kappa shape index (κ3) is 3.45. The van der Waals surface area contributed by atoms with Crippen molar-refractivity contribution in [2.45, 2.75) is 19.3 Å². The Hall–Kier alpha value is -2.35. The van der Waals surface area contributed by atoms with Gasteiger partial charge < -0.3 is 4.90 Å². The quantitative estimate of drug-likeness (QED) is 0.615. The minimum absolute atomic E-state index is 0.117. The van der Waals surface area contributed by atoms with E-state index in [1.165, 1.54) is 6.42 Å². The maximum atomic E-state index is 12.9. The number of ketones is 1. The third-order valence-corrected chi connectivity index (χ3v) is 4.07. The molecule has 0 unspecified atom stereocenters. The lowest BCUT2D eigenvalue weighted by atomic mass is 10.0. The zero-order valence-electron chi connectivity index (χ0n) is 12.7. The van der Waals surface area contributed by atoms with Crippen molar-refractivity contribution in [1.82, 2.24) is 4.90 Å². The molecule has 2 aromatic carbocycles. The summed E-state index contributed by atoms with van der Waals surface area (Å²) in [6.07, 6.45) is 5.61. The molecule has 1 aliphatic rings. The summed E-state index contributed by atoms with van der Waals surface area (Å²) in [5.41, 5.74) is 2.65. The highest BCUT2D eigenvalue weighted by Gasteiger charge is 2.20. The highest BCUT2D eigenvalue weighted by Crippen LogP contribution is 2.21. The summed E-state index contributed by atoms with van der Waals surface area (Å²) in [4.78, 5) is 15.2. The van der Waals surface area contributed by atoms with E-state index in [2.05, 4.69) is 4.90 Å². The second-order valence-electron chi connectivity index (χ2n) is 5.68. The molecule has 0 aromatic heterocycles. The van der Waals surface area contributed by atoms with E-state index in [4.69, 9.17) is 0 Å². The van der Waals surface area contributed by atoms with Crippen LogP contribution in [0.5, 0.6) is 0 Å². The fourth-order valence-electron chi connectivity index (χ4n) is 2.88. The molecule has 0 radical (unpaired) electrons. The first-order valence-corrected chi connectivity index (χ1v) is 7.96. The molecule has 22 heavy (non-hydrogen) atoms. The van der Waals surface area contributed by atoms with Crippen LogP contribution in [0.15, 0.2) is 66.4 Å². The summed E-state index contributed by atoms with van der Waals surface area (Å²) >= 11 is 0. The predicted octanol–water partition coefficient (Wildman–Crippen LogP) is 4.40. The first-order valence-electron chi connectivity index (χ1n) is 7.96. The highest BCUT2D eigenvalue weighted by atomic mass is 16.1. The fraction of sp³-hybridized carbons (Fsp3) is 0.250. The van der Waals surface area contributed by atoms with Crippen molar-refractivity contribution in [3.8, 4) is 0 Å². The van der Waals surface area contributed by atoms with Crippen LogP contribution in [0.3, 0.4) is 0 Å². The normalized spacial score (nSPS) is 15.6. The number of nitrogens with zero attached hydrogens (tertiary/aromatic N) is 1. The second kappa shape index (κ2) is 7.08. The Balaban J connectivity index is 1.95. The molecule has 0 aliphatic carbocycles. The van der Waals surface area contributed by atoms with Gasteiger partial charge in [-0.05, 0) is 30.9 Å². The van der Waals surface area contributed by atoms with Gasteiger partial charge in [-0.15, -0.1) is 0 Å². The number of hydrogen-bond donors (Lipinski definition) is 0. The van der Waals surface area contributed by atoms with E-state index in [1.807, 2.05) is 66.7 Å². The number of Topliss-reactive ketones (excluding diaryl/α,β-unsaturated/α-hetero) is 1. The van der Waals surface area contributed by atoms with Crippen LogP contribution in [0.4, 0.5) is 0 Å². The number of benzene rings is 2. The number of carbonyl (C=O) groups excluding carboxylic acids is 1. The molecule has 3 rings (SSSR count). The van der Waals surface area contributed by atoms with Crippen LogP contribution in [-0.2, 0) is 0 Å². The average Bonchev–Trinajstić information content (AvgIpc) is 2.61. The van der Waals surface area contributed by atoms with Gasteiger partial charge in [-0.2, -0.15) is 0 Å². The minimum Gasteiger partial charge on any atom is -0.368 e. The molecule has 0 spiro atoms. The van der Waals surface area contributed by atoms with Crippen LogP contribution in [-0.4, -0.2) is 23.8 Å². The minimum atomic E-state index is 0.117. The standard InChI is InChI=1S/C20H21NO/c22-20(18-12-6-2-7-13-18)19(21-14-8-3-9-15-21)16-17-10-4-1-5-11-17/h1-2,4-7,10-13,16H,3,8-9,14-15H2. The van der Waals surface area contributed by atoms with E-state index in [9.17, 15) is 4.79 Å². The zero-order valence-corrected chi connectivity index (χ0v) is 12.7. The van der Waals surface area contributed by atoms with Gasteiger partial charge in [-0.3, -0.25) is 4.79 Å². The number of likely N-dealkylation sites (tertiary alicyclic amines) is 1. The van der Waals surface area contributed by atoms with Crippen LogP contribution >= 0.6 is 0 Å². The summed E-state index contributed by atoms with van der Waals surface area (Å²) in [6, 6.07) is 19.7. The van der Waals surface area contributed by atoms with Gasteiger partial charge in [-0.1, -0.05) is 60.7 Å². The maximum Gasteiger partial charge on any atom is 0.209 e. The lowest BCUT2D eigenvalue weighted by molar-refractivity contribution is 0.0985. The number of hydrogen-bond acceptors (Lipinski definition) is 2. The van der Waals surface area contributed by atoms with E-state index in [0.29, 0.717) is 0 Å². The number of carbonyl (C=O) groups is 1. The van der Waals surface area contributed by atoms with Crippen LogP contribution in [0.2, 0.25) is 0 Å². The largest absolute Gasteiger partial charge is 0.368 e. The fourth-order valence-corrected chi connectivity index (χ4v) is 2.88. The summed E-state index contributed by atoms with van der Waals surface area (Å²) < 4.78 is 0. The Labute approximate surface area is 132 Å². The molecule has 0 bridgehead atoms. The first-order chi connectivity index (χ1) is 10.8. The summed E-state index contributed by atoms with van der Waals surface area (Å²) in [7, 11) is 0. The van der Waals surface area contributed by atoms with E-state index in [0.717, 1.165) is 42.8 Å². The van der Waals surface area contributed by atoms with Gasteiger partial charge in [0.15, 0.2) is 0 Å². The lowest BCUT2D eigenvalue weighted by Gasteiger charge is -2.30. The van der Waals surface area contributed by atoms with E-state index < -0.39 is 0 Å². The molecule has 2 heteroatoms. The maximum absolute atomic E-state index is 12.9. The van der Waals surface area contributed by atoms with Crippen molar-refractivity contribution in [2.75, 3.05) is 13.1 Å². The zero-order chi connectivity index (χ0) is 15.2. The van der Waals surface area contributed by atoms with Crippen LogP contribution in [0.25, 0.3) is 6.08 Å². The molecule has 1 saturated heterocycles. The Bertz CT molecular complexity index is 640. The van der Waals surface area contributed by atoms with Gasteiger partial charge in [0, 0.05) is 18.7 Å². The molecule has 1 fully saturated rings. The Morgan fingerprint density at radius 2 is 1.41 bits per heavy atom. The average molecular weight is 291 g/mol. The number of piperidine rings is 1. The van der Waals surface area contributed by atoms with Crippen molar-refractivity contribution < 1.29 is 4.79 Å². The highest BCUT2D eigenvalue weighted by molar-refractivity contribution is 6.10. The molecule has 1 heterocycles. The summed E-state index contributed by atoms with van der Waals surface area (Å²) in [5, 5.41) is 0. The molecule has 1 aliphatic heterocycles. The van der Waals surface area contributed by atoms with E-state index in [-0.39, 0.29) is 5.78 Å². The van der Waals surface area contributed by atoms with Gasteiger partial charge in [0.25, 0.3) is 0 Å². The molecule has 2 nitrogen and oxygen atoms in total. The van der Waals surface area contributed by atoms with Gasteiger partial charge in [0.1, 0.15) is 0 Å². The SMILES string of the molecule is O=C(C(=Cc1ccccc1)N1CCCCC1)c1ccccc1. The Kier molecular flexibility index (Phi) is 4.69. The summed E-state index contributed by atoms with van der Waals surface area (Å²) in [5.74, 6) is 0.117. The number of rotatable bonds is 4. The van der Waals surface area contributed by atoms with Crippen molar-refractivity contribution >= 4 is 11.9 Å². The van der Waals surface area contributed by atoms with Crippen LogP contribution < -0.4 is 0 Å². The lowest BCUT2D eigenvalue weighted by Crippen LogP contribution is -2.32. The molecular weight excluding hydrogens is 270 g/mol. The van der Waals surface area contributed by atoms with Gasteiger partial charge in [0.2, 0.25) is 5.78 Å². The molecule has 112 valence electrons. The smallest absolute Gasteiger partial charge is 0.209 e. The van der Waals surface area contributed by atoms with Crippen molar-refractivity contribution in [3.05, 3.63) is 77.5 Å². The van der Waals surface area contributed by atoms with Crippen molar-refractivity contribution in [3.63, 3.8) is 0 Å². The van der Waals surface area contributed by atoms with E-state index in [1.54, 1.807) is 0 Å². The Morgan fingerprint density at radius 3 is 2.05 bits per heavy atom. The predicted molar refractivity (Wildman–Crippen MR) is 90.6 cm³/mol. The van der Waals surface area contributed by atoms with Crippen LogP contribution in [0.1, 0.15) is 35.2 Å². The van der Waals surface area contributed by atoms with Crippen molar-refractivity contribution in [2.24, 2.45) is 0 Å². The molecule has 2 aromatic rings. The van der Waals surface area contributed by atoms with Gasteiger partial charge in [0.05, 0.1) is 5.70 Å². The molecule has 0 amide bonds. The third-order valence-electron chi connectivity index (χ3n) is 4.07. The van der Waals surface area contributed by atoms with Gasteiger partial charge in [-0.25, -0.2) is 0 Å². The molecule has 0 atom stereocenters. The van der Waals surface area contributed by atoms with E-state index >= 15 is 0 Å². The summed E-state index contributed by atoms with van der Waals surface area (Å²) in [6.45, 7) is 1.94. The number of allylic oxidation sites excluding steroid dienone is 1. The molecule has 0 N–H and O–H groups in total. The molecular formula is C20H21NO. The first kappa shape index (κ1) is 14.6.